The van der Waals surface area contributed by atoms with Crippen LogP contribution in [0, 0.1) is 11.3 Å². The molecule has 1 aromatic heterocycles. The van der Waals surface area contributed by atoms with E-state index in [0.29, 0.717) is 10.9 Å². The molecule has 0 saturated carbocycles. The molecule has 2 heterocycles. The van der Waals surface area contributed by atoms with Crippen molar-refractivity contribution >= 4 is 43.0 Å². The van der Waals surface area contributed by atoms with Crippen LogP contribution in [0.5, 0.6) is 0 Å². The molecule has 10 heteroatoms. The van der Waals surface area contributed by atoms with Gasteiger partial charge in [0, 0.05) is 34.1 Å². The van der Waals surface area contributed by atoms with E-state index in [9.17, 15) is 18.5 Å². The lowest BCUT2D eigenvalue weighted by atomic mass is 10.1. The summed E-state index contributed by atoms with van der Waals surface area (Å²) in [6.45, 7) is -0.780. The number of amides is 1. The maximum atomic E-state index is 16.1. The third kappa shape index (κ3) is 4.20. The average molecular weight is 534 g/mol. The third-order valence-electron chi connectivity index (χ3n) is 5.23. The van der Waals surface area contributed by atoms with Gasteiger partial charge in [0.05, 0.1) is 17.9 Å². The van der Waals surface area contributed by atoms with Crippen molar-refractivity contribution in [1.82, 2.24) is 9.88 Å². The Morgan fingerprint density at radius 1 is 1.28 bits per heavy atom. The van der Waals surface area contributed by atoms with E-state index in [4.69, 9.17) is 0 Å². The van der Waals surface area contributed by atoms with Crippen molar-refractivity contribution in [2.75, 3.05) is 18.8 Å². The van der Waals surface area contributed by atoms with E-state index in [0.717, 1.165) is 21.8 Å². The Labute approximate surface area is 197 Å². The van der Waals surface area contributed by atoms with Crippen LogP contribution in [-0.4, -0.2) is 43.1 Å². The number of rotatable bonds is 4. The van der Waals surface area contributed by atoms with Crippen molar-refractivity contribution in [2.45, 2.75) is 11.4 Å². The van der Waals surface area contributed by atoms with Gasteiger partial charge in [-0.2, -0.15) is 5.26 Å². The number of benzene rings is 2. The molecule has 164 valence electrons. The Morgan fingerprint density at radius 2 is 2.03 bits per heavy atom. The Bertz CT molecular complexity index is 1320. The summed E-state index contributed by atoms with van der Waals surface area (Å²) in [5.41, 5.74) is 1.45. The summed E-state index contributed by atoms with van der Waals surface area (Å²) in [6.07, 6.45) is 1.99. The molecule has 4 rings (SSSR count). The lowest BCUT2D eigenvalue weighted by Gasteiger charge is -2.35. The Morgan fingerprint density at radius 3 is 2.75 bits per heavy atom. The molecule has 0 N–H and O–H groups in total. The molecular formula is C22H17BrFN3O3S2. The number of sulfone groups is 1. The predicted molar refractivity (Wildman–Crippen MR) is 123 cm³/mol. The molecule has 1 atom stereocenters. The number of alkyl halides is 1. The molecule has 1 unspecified atom stereocenters. The number of halogens is 2. The summed E-state index contributed by atoms with van der Waals surface area (Å²) >= 11 is 4.23. The molecule has 1 amide bonds. The first-order valence-corrected chi connectivity index (χ1v) is 12.9. The second-order valence-electron chi connectivity index (χ2n) is 7.37. The molecule has 1 aliphatic rings. The van der Waals surface area contributed by atoms with Gasteiger partial charge in [0.2, 0.25) is 0 Å². The van der Waals surface area contributed by atoms with E-state index in [1.807, 2.05) is 36.4 Å². The van der Waals surface area contributed by atoms with Crippen LogP contribution in [0.1, 0.15) is 31.4 Å². The number of nitrogens with zero attached hydrogens (tertiary/aromatic N) is 3. The van der Waals surface area contributed by atoms with Crippen molar-refractivity contribution in [3.8, 4) is 6.07 Å². The van der Waals surface area contributed by atoms with Gasteiger partial charge in [-0.15, -0.1) is 11.3 Å². The minimum absolute atomic E-state index is 0.132. The molecule has 1 fully saturated rings. The fraction of sp³-hybridized carbons (Fsp3) is 0.227. The zero-order chi connectivity index (χ0) is 22.9. The van der Waals surface area contributed by atoms with Crippen molar-refractivity contribution in [3.05, 3.63) is 85.8 Å². The highest BCUT2D eigenvalue weighted by molar-refractivity contribution is 9.10. The largest absolute Gasteiger partial charge is 0.333 e. The molecule has 32 heavy (non-hydrogen) atoms. The van der Waals surface area contributed by atoms with Crippen molar-refractivity contribution in [2.24, 2.45) is 0 Å². The second-order valence-corrected chi connectivity index (χ2v) is 11.6. The summed E-state index contributed by atoms with van der Waals surface area (Å²) in [6, 6.07) is 16.0. The van der Waals surface area contributed by atoms with Gasteiger partial charge in [-0.3, -0.25) is 4.79 Å². The summed E-state index contributed by atoms with van der Waals surface area (Å²) in [4.78, 5) is 19.0. The number of aromatic nitrogens is 1. The van der Waals surface area contributed by atoms with Crippen molar-refractivity contribution in [3.63, 3.8) is 0 Å². The molecule has 6 nitrogen and oxygen atoms in total. The molecular weight excluding hydrogens is 517 g/mol. The maximum absolute atomic E-state index is 16.1. The van der Waals surface area contributed by atoms with Crippen LogP contribution in [0.2, 0.25) is 0 Å². The van der Waals surface area contributed by atoms with Crippen LogP contribution < -0.4 is 0 Å². The zero-order valence-electron chi connectivity index (χ0n) is 16.7. The minimum Gasteiger partial charge on any atom is -0.333 e. The lowest BCUT2D eigenvalue weighted by Crippen LogP contribution is -2.53. The molecule has 2 aromatic carbocycles. The van der Waals surface area contributed by atoms with Gasteiger partial charge >= 0.3 is 0 Å². The Hall–Kier alpha value is -2.61. The van der Waals surface area contributed by atoms with E-state index in [2.05, 4.69) is 20.9 Å². The van der Waals surface area contributed by atoms with E-state index >= 15 is 4.39 Å². The van der Waals surface area contributed by atoms with E-state index in [1.165, 1.54) is 23.2 Å². The van der Waals surface area contributed by atoms with Crippen LogP contribution in [-0.2, 0) is 21.3 Å². The molecule has 0 spiro atoms. The Kier molecular flexibility index (Phi) is 6.16. The van der Waals surface area contributed by atoms with Gasteiger partial charge < -0.3 is 4.90 Å². The number of carbonyl (C=O) groups excluding carboxylic acids is 1. The predicted octanol–water partition coefficient (Wildman–Crippen LogP) is 4.06. The monoisotopic (exact) mass is 533 g/mol. The third-order valence-corrected chi connectivity index (χ3v) is 9.22. The second kappa shape index (κ2) is 8.73. The molecule has 3 aromatic rings. The molecule has 0 aliphatic carbocycles. The van der Waals surface area contributed by atoms with Gasteiger partial charge in [-0.1, -0.05) is 30.3 Å². The number of hydrogen-bond acceptors (Lipinski definition) is 6. The first-order chi connectivity index (χ1) is 15.2. The number of hydrogen-bond donors (Lipinski definition) is 0. The summed E-state index contributed by atoms with van der Waals surface area (Å²) < 4.78 is 42.1. The van der Waals surface area contributed by atoms with Gasteiger partial charge in [0.1, 0.15) is 11.1 Å². The number of carbonyl (C=O) groups is 1. The lowest BCUT2D eigenvalue weighted by molar-refractivity contribution is 0.0666. The smallest absolute Gasteiger partial charge is 0.278 e. The fourth-order valence-corrected chi connectivity index (χ4v) is 6.69. The zero-order valence-corrected chi connectivity index (χ0v) is 19.9. The molecule has 0 radical (unpaired) electrons. The first kappa shape index (κ1) is 22.6. The highest BCUT2D eigenvalue weighted by Crippen LogP contribution is 2.39. The number of thiazole rings is 1. The van der Waals surface area contributed by atoms with Crippen LogP contribution in [0.3, 0.4) is 0 Å². The molecule has 1 saturated heterocycles. The minimum atomic E-state index is -4.18. The van der Waals surface area contributed by atoms with Crippen LogP contribution in [0.25, 0.3) is 0 Å². The number of nitriles is 1. The Balaban J connectivity index is 1.61. The summed E-state index contributed by atoms with van der Waals surface area (Å²) in [7, 11) is -4.18. The van der Waals surface area contributed by atoms with E-state index in [-0.39, 0.29) is 22.7 Å². The fourth-order valence-electron chi connectivity index (χ4n) is 3.47. The highest BCUT2D eigenvalue weighted by Gasteiger charge is 2.53. The van der Waals surface area contributed by atoms with Gasteiger partial charge in [-0.05, 0) is 39.7 Å². The first-order valence-electron chi connectivity index (χ1n) is 9.63. The van der Waals surface area contributed by atoms with E-state index < -0.39 is 33.0 Å². The van der Waals surface area contributed by atoms with Gasteiger partial charge in [-0.25, -0.2) is 17.8 Å². The van der Waals surface area contributed by atoms with Crippen LogP contribution in [0.15, 0.2) is 59.2 Å². The van der Waals surface area contributed by atoms with Crippen molar-refractivity contribution in [1.29, 1.82) is 5.26 Å². The van der Waals surface area contributed by atoms with Crippen LogP contribution >= 0.6 is 27.3 Å². The van der Waals surface area contributed by atoms with E-state index in [1.54, 1.807) is 6.07 Å². The van der Waals surface area contributed by atoms with Gasteiger partial charge in [0.15, 0.2) is 9.84 Å². The van der Waals surface area contributed by atoms with Crippen LogP contribution in [0.4, 0.5) is 4.39 Å². The molecule has 0 bridgehead atoms. The highest BCUT2D eigenvalue weighted by atomic mass is 79.9. The molecule has 1 aliphatic heterocycles. The average Bonchev–Trinajstić information content (AvgIpc) is 3.25. The van der Waals surface area contributed by atoms with Crippen molar-refractivity contribution < 1.29 is 17.6 Å². The summed E-state index contributed by atoms with van der Waals surface area (Å²) in [5, 5.41) is 6.24. The van der Waals surface area contributed by atoms with Gasteiger partial charge in [0.25, 0.3) is 10.9 Å². The standard InChI is InChI=1S/C22H17BrFN3O3S2/c23-19-7-6-16(11-17(19)12-25)20(28)27-8-9-32(29,30)22(24,14-27)21-26-13-18(31-21)10-15-4-2-1-3-5-15/h1-7,11,13H,8-10,14H2. The summed E-state index contributed by atoms with van der Waals surface area (Å²) in [5.74, 6) is -1.04. The topological polar surface area (TPSA) is 91.1 Å². The SMILES string of the molecule is N#Cc1cc(C(=O)N2CCS(=O)(=O)C(F)(c3ncc(Cc4ccccc4)s3)C2)ccc1Br. The maximum Gasteiger partial charge on any atom is 0.278 e. The quantitative estimate of drug-likeness (QED) is 0.504. The normalized spacial score (nSPS) is 20.0.